The fraction of sp³-hybridized carbons (Fsp3) is 0.300. The maximum atomic E-state index is 10.6. The van der Waals surface area contributed by atoms with Crippen molar-refractivity contribution in [2.24, 2.45) is 0 Å². The van der Waals surface area contributed by atoms with Gasteiger partial charge in [0.15, 0.2) is 0 Å². The average molecular weight is 222 g/mol. The van der Waals surface area contributed by atoms with E-state index < -0.39 is 11.0 Å². The van der Waals surface area contributed by atoms with E-state index in [4.69, 9.17) is 10.00 Å². The van der Waals surface area contributed by atoms with Crippen molar-refractivity contribution in [1.29, 1.82) is 5.26 Å². The number of non-ortho nitro benzene ring substituents is 1. The first-order valence-corrected chi connectivity index (χ1v) is 4.47. The Kier molecular flexibility index (Phi) is 3.80. The van der Waals surface area contributed by atoms with E-state index >= 15 is 0 Å². The van der Waals surface area contributed by atoms with Crippen LogP contribution in [0.2, 0.25) is 0 Å². The van der Waals surface area contributed by atoms with E-state index in [-0.39, 0.29) is 17.7 Å². The van der Waals surface area contributed by atoms with Crippen LogP contribution >= 0.6 is 0 Å². The lowest BCUT2D eigenvalue weighted by atomic mass is 10.1. The van der Waals surface area contributed by atoms with Crippen molar-refractivity contribution in [1.82, 2.24) is 0 Å². The molecule has 1 aromatic carbocycles. The molecule has 0 aliphatic heterocycles. The van der Waals surface area contributed by atoms with Gasteiger partial charge in [0.2, 0.25) is 0 Å². The van der Waals surface area contributed by atoms with E-state index in [9.17, 15) is 15.2 Å². The van der Waals surface area contributed by atoms with Crippen molar-refractivity contribution in [3.63, 3.8) is 0 Å². The minimum Gasteiger partial charge on any atom is -0.496 e. The second kappa shape index (κ2) is 5.09. The summed E-state index contributed by atoms with van der Waals surface area (Å²) in [6.07, 6.45) is -1.22. The number of methoxy groups -OCH3 is 1. The first-order chi connectivity index (χ1) is 7.60. The summed E-state index contributed by atoms with van der Waals surface area (Å²) in [5.41, 5.74) is 0.103. The molecule has 0 spiro atoms. The van der Waals surface area contributed by atoms with Gasteiger partial charge in [-0.25, -0.2) is 0 Å². The molecule has 0 aliphatic rings. The van der Waals surface area contributed by atoms with Gasteiger partial charge < -0.3 is 9.84 Å². The van der Waals surface area contributed by atoms with Crippen LogP contribution in [0.5, 0.6) is 5.75 Å². The normalized spacial score (nSPS) is 11.6. The van der Waals surface area contributed by atoms with Crippen molar-refractivity contribution in [2.45, 2.75) is 12.5 Å². The number of nitro benzene ring substituents is 1. The van der Waals surface area contributed by atoms with Gasteiger partial charge in [-0.15, -0.1) is 0 Å². The molecule has 16 heavy (non-hydrogen) atoms. The summed E-state index contributed by atoms with van der Waals surface area (Å²) >= 11 is 0. The number of benzene rings is 1. The molecular formula is C10H10N2O4. The van der Waals surface area contributed by atoms with Crippen LogP contribution in [0.3, 0.4) is 0 Å². The van der Waals surface area contributed by atoms with Gasteiger partial charge >= 0.3 is 0 Å². The predicted molar refractivity (Wildman–Crippen MR) is 54.8 cm³/mol. The molecule has 1 atom stereocenters. The summed E-state index contributed by atoms with van der Waals surface area (Å²) in [6.45, 7) is 0. The average Bonchev–Trinajstić information content (AvgIpc) is 2.28. The van der Waals surface area contributed by atoms with Crippen LogP contribution in [0.1, 0.15) is 18.1 Å². The smallest absolute Gasteiger partial charge is 0.270 e. The number of nitriles is 1. The Morgan fingerprint density at radius 2 is 2.38 bits per heavy atom. The third-order valence-electron chi connectivity index (χ3n) is 2.07. The van der Waals surface area contributed by atoms with Crippen LogP contribution in [0.15, 0.2) is 18.2 Å². The molecular weight excluding hydrogens is 212 g/mol. The molecule has 84 valence electrons. The Bertz CT molecular complexity index is 439. The maximum absolute atomic E-state index is 10.6. The van der Waals surface area contributed by atoms with E-state index in [2.05, 4.69) is 0 Å². The minimum atomic E-state index is -1.08. The number of aliphatic hydroxyl groups is 1. The third kappa shape index (κ3) is 2.46. The largest absolute Gasteiger partial charge is 0.496 e. The van der Waals surface area contributed by atoms with Crippen molar-refractivity contribution < 1.29 is 14.8 Å². The molecule has 0 bridgehead atoms. The highest BCUT2D eigenvalue weighted by atomic mass is 16.6. The van der Waals surface area contributed by atoms with Crippen LogP contribution in [0, 0.1) is 21.4 Å². The fourth-order valence-corrected chi connectivity index (χ4v) is 1.29. The number of aliphatic hydroxyl groups excluding tert-OH is 1. The minimum absolute atomic E-state index is 0.141. The van der Waals surface area contributed by atoms with Gasteiger partial charge in [-0.3, -0.25) is 10.1 Å². The summed E-state index contributed by atoms with van der Waals surface area (Å²) in [7, 11) is 1.39. The number of ether oxygens (including phenoxy) is 1. The highest BCUT2D eigenvalue weighted by molar-refractivity contribution is 5.45. The van der Waals surface area contributed by atoms with Crippen molar-refractivity contribution in [3.8, 4) is 11.8 Å². The van der Waals surface area contributed by atoms with Crippen LogP contribution in [-0.2, 0) is 0 Å². The highest BCUT2D eigenvalue weighted by Gasteiger charge is 2.17. The molecule has 1 N–H and O–H groups in total. The number of hydrogen-bond donors (Lipinski definition) is 1. The quantitative estimate of drug-likeness (QED) is 0.615. The summed E-state index contributed by atoms with van der Waals surface area (Å²) in [5.74, 6) is 0.327. The first-order valence-electron chi connectivity index (χ1n) is 4.47. The topological polar surface area (TPSA) is 96.4 Å². The Morgan fingerprint density at radius 3 is 2.88 bits per heavy atom. The van der Waals surface area contributed by atoms with E-state index in [0.717, 1.165) is 0 Å². The van der Waals surface area contributed by atoms with Crippen LogP contribution in [-0.4, -0.2) is 17.1 Å². The van der Waals surface area contributed by atoms with E-state index in [1.54, 1.807) is 6.07 Å². The SMILES string of the molecule is COc1ccc([N+](=O)[O-])cc1C(O)CC#N. The first kappa shape index (κ1) is 11.9. The Balaban J connectivity index is 3.17. The molecule has 0 saturated carbocycles. The van der Waals surface area contributed by atoms with Crippen LogP contribution in [0.25, 0.3) is 0 Å². The standard InChI is InChI=1S/C10H10N2O4/c1-16-10-3-2-7(12(14)15)6-8(10)9(13)4-5-11/h2-3,6,9,13H,4H2,1H3. The molecule has 0 aromatic heterocycles. The highest BCUT2D eigenvalue weighted by Crippen LogP contribution is 2.30. The number of rotatable bonds is 4. The lowest BCUT2D eigenvalue weighted by molar-refractivity contribution is -0.385. The molecule has 0 radical (unpaired) electrons. The fourth-order valence-electron chi connectivity index (χ4n) is 1.29. The molecule has 1 aromatic rings. The van der Waals surface area contributed by atoms with Gasteiger partial charge in [-0.1, -0.05) is 0 Å². The molecule has 1 unspecified atom stereocenters. The molecule has 6 heteroatoms. The zero-order valence-corrected chi connectivity index (χ0v) is 8.58. The van der Waals surface area contributed by atoms with E-state index in [1.165, 1.54) is 25.3 Å². The summed E-state index contributed by atoms with van der Waals surface area (Å²) < 4.78 is 4.96. The summed E-state index contributed by atoms with van der Waals surface area (Å²) in [5, 5.41) is 28.6. The van der Waals surface area contributed by atoms with Crippen molar-refractivity contribution in [3.05, 3.63) is 33.9 Å². The van der Waals surface area contributed by atoms with Gasteiger partial charge in [0.05, 0.1) is 30.6 Å². The van der Waals surface area contributed by atoms with Gasteiger partial charge in [-0.05, 0) is 6.07 Å². The molecule has 0 heterocycles. The predicted octanol–water partition coefficient (Wildman–Crippen LogP) is 1.55. The van der Waals surface area contributed by atoms with Gasteiger partial charge in [-0.2, -0.15) is 5.26 Å². The lowest BCUT2D eigenvalue weighted by Gasteiger charge is -2.11. The van der Waals surface area contributed by atoms with Gasteiger partial charge in [0.1, 0.15) is 5.75 Å². The number of hydrogen-bond acceptors (Lipinski definition) is 5. The zero-order valence-electron chi connectivity index (χ0n) is 8.58. The summed E-state index contributed by atoms with van der Waals surface area (Å²) in [6, 6.07) is 5.68. The van der Waals surface area contributed by atoms with Gasteiger partial charge in [0, 0.05) is 17.7 Å². The maximum Gasteiger partial charge on any atom is 0.270 e. The second-order valence-electron chi connectivity index (χ2n) is 3.06. The molecule has 0 amide bonds. The van der Waals surface area contributed by atoms with E-state index in [1.807, 2.05) is 0 Å². The molecule has 0 aliphatic carbocycles. The van der Waals surface area contributed by atoms with Crippen LogP contribution in [0.4, 0.5) is 5.69 Å². The molecule has 0 saturated heterocycles. The second-order valence-corrected chi connectivity index (χ2v) is 3.06. The van der Waals surface area contributed by atoms with Crippen molar-refractivity contribution >= 4 is 5.69 Å². The molecule has 6 nitrogen and oxygen atoms in total. The monoisotopic (exact) mass is 222 g/mol. The Morgan fingerprint density at radius 1 is 1.69 bits per heavy atom. The zero-order chi connectivity index (χ0) is 12.1. The molecule has 0 fully saturated rings. The van der Waals surface area contributed by atoms with Gasteiger partial charge in [0.25, 0.3) is 5.69 Å². The number of nitro groups is 1. The Labute approximate surface area is 91.8 Å². The Hall–Kier alpha value is -2.13. The summed E-state index contributed by atoms with van der Waals surface area (Å²) in [4.78, 5) is 9.98. The third-order valence-corrected chi connectivity index (χ3v) is 2.07. The lowest BCUT2D eigenvalue weighted by Crippen LogP contribution is -2.01. The van der Waals surface area contributed by atoms with Crippen LogP contribution < -0.4 is 4.74 Å². The number of nitrogens with zero attached hydrogens (tertiary/aromatic N) is 2. The van der Waals surface area contributed by atoms with Crippen molar-refractivity contribution in [2.75, 3.05) is 7.11 Å². The molecule has 1 rings (SSSR count). The van der Waals surface area contributed by atoms with E-state index in [0.29, 0.717) is 5.75 Å².